The van der Waals surface area contributed by atoms with Gasteiger partial charge in [0.2, 0.25) is 5.91 Å². The van der Waals surface area contributed by atoms with Crippen molar-refractivity contribution in [2.75, 3.05) is 0 Å². The highest BCUT2D eigenvalue weighted by Crippen LogP contribution is 2.13. The molecular formula is C14H20N2O3. The fraction of sp³-hybridized carbons (Fsp3) is 0.429. The molecule has 0 spiro atoms. The molecule has 0 radical (unpaired) electrons. The maximum absolute atomic E-state index is 11.8. The molecule has 2 atom stereocenters. The van der Waals surface area contributed by atoms with E-state index in [2.05, 4.69) is 5.32 Å². The summed E-state index contributed by atoms with van der Waals surface area (Å²) in [5.74, 6) is -1.52. The second-order valence-electron chi connectivity index (χ2n) is 4.44. The molecule has 0 saturated carbocycles. The largest absolute Gasteiger partial charge is 0.479 e. The number of carboxylic acids is 1. The van der Waals surface area contributed by atoms with Gasteiger partial charge in [-0.15, -0.1) is 0 Å². The van der Waals surface area contributed by atoms with Crippen molar-refractivity contribution in [3.63, 3.8) is 0 Å². The summed E-state index contributed by atoms with van der Waals surface area (Å²) in [5, 5.41) is 11.7. The van der Waals surface area contributed by atoms with Crippen LogP contribution in [0, 0.1) is 0 Å². The molecule has 1 aromatic carbocycles. The Balaban J connectivity index is 2.70. The number of nitrogens with one attached hydrogen (secondary N) is 1. The van der Waals surface area contributed by atoms with Gasteiger partial charge in [0.05, 0.1) is 6.04 Å². The lowest BCUT2D eigenvalue weighted by molar-refractivity contribution is -0.142. The van der Waals surface area contributed by atoms with Gasteiger partial charge in [0.25, 0.3) is 0 Å². The number of hydrogen-bond acceptors (Lipinski definition) is 3. The van der Waals surface area contributed by atoms with E-state index in [0.29, 0.717) is 12.0 Å². The summed E-state index contributed by atoms with van der Waals surface area (Å²) in [6, 6.07) is 6.86. The number of carbonyl (C=O) groups is 2. The van der Waals surface area contributed by atoms with Crippen LogP contribution in [-0.2, 0) is 9.59 Å². The average molecular weight is 264 g/mol. The van der Waals surface area contributed by atoms with Gasteiger partial charge in [-0.2, -0.15) is 0 Å². The van der Waals surface area contributed by atoms with Gasteiger partial charge in [-0.05, 0) is 12.0 Å². The van der Waals surface area contributed by atoms with Crippen LogP contribution in [0.5, 0.6) is 0 Å². The zero-order valence-corrected chi connectivity index (χ0v) is 11.0. The predicted octanol–water partition coefficient (Wildman–Crippen LogP) is 1.45. The molecule has 0 saturated heterocycles. The Hall–Kier alpha value is -1.88. The van der Waals surface area contributed by atoms with Crippen LogP contribution in [0.2, 0.25) is 0 Å². The Morgan fingerprint density at radius 3 is 2.47 bits per heavy atom. The van der Waals surface area contributed by atoms with Crippen LogP contribution >= 0.6 is 0 Å². The van der Waals surface area contributed by atoms with Gasteiger partial charge in [0.1, 0.15) is 0 Å². The zero-order valence-electron chi connectivity index (χ0n) is 11.0. The van der Waals surface area contributed by atoms with Crippen LogP contribution < -0.4 is 11.1 Å². The molecule has 1 amide bonds. The van der Waals surface area contributed by atoms with Gasteiger partial charge in [-0.25, -0.2) is 4.79 Å². The summed E-state index contributed by atoms with van der Waals surface area (Å²) < 4.78 is 0. The first kappa shape index (κ1) is 15.2. The van der Waals surface area contributed by atoms with Crippen molar-refractivity contribution in [3.8, 4) is 0 Å². The van der Waals surface area contributed by atoms with E-state index < -0.39 is 24.0 Å². The van der Waals surface area contributed by atoms with Gasteiger partial charge in [-0.1, -0.05) is 50.1 Å². The standard InChI is InChI=1S/C14H20N2O3/c1-2-3-9-11(15)13(17)16-12(14(18)19)10-7-5-4-6-8-10/h4-8,11-12H,2-3,9,15H2,1H3,(H,16,17)(H,18,19)/t11-,12+/m0/s1. The highest BCUT2D eigenvalue weighted by atomic mass is 16.4. The minimum atomic E-state index is -1.10. The number of benzene rings is 1. The van der Waals surface area contributed by atoms with Gasteiger partial charge in [0.15, 0.2) is 6.04 Å². The average Bonchev–Trinajstić information content (AvgIpc) is 2.42. The molecule has 5 nitrogen and oxygen atoms in total. The van der Waals surface area contributed by atoms with E-state index >= 15 is 0 Å². The first-order chi connectivity index (χ1) is 9.06. The van der Waals surface area contributed by atoms with Crippen molar-refractivity contribution in [1.82, 2.24) is 5.32 Å². The molecule has 0 heterocycles. The second-order valence-corrected chi connectivity index (χ2v) is 4.44. The first-order valence-corrected chi connectivity index (χ1v) is 6.40. The third-order valence-corrected chi connectivity index (χ3v) is 2.87. The van der Waals surface area contributed by atoms with Crippen molar-refractivity contribution < 1.29 is 14.7 Å². The fourth-order valence-corrected chi connectivity index (χ4v) is 1.74. The number of rotatable bonds is 7. The molecule has 0 aliphatic carbocycles. The Kier molecular flexibility index (Phi) is 6.02. The summed E-state index contributed by atoms with van der Waals surface area (Å²) in [5.41, 5.74) is 6.26. The smallest absolute Gasteiger partial charge is 0.330 e. The highest BCUT2D eigenvalue weighted by Gasteiger charge is 2.24. The van der Waals surface area contributed by atoms with E-state index in [1.165, 1.54) is 0 Å². The van der Waals surface area contributed by atoms with Crippen LogP contribution in [-0.4, -0.2) is 23.0 Å². The third kappa shape index (κ3) is 4.71. The molecule has 104 valence electrons. The van der Waals surface area contributed by atoms with Crippen molar-refractivity contribution in [1.29, 1.82) is 0 Å². The highest BCUT2D eigenvalue weighted by molar-refractivity contribution is 5.87. The molecule has 0 bridgehead atoms. The molecule has 0 aliphatic heterocycles. The summed E-state index contributed by atoms with van der Waals surface area (Å²) in [6.07, 6.45) is 2.35. The molecule has 0 aromatic heterocycles. The Bertz CT molecular complexity index is 420. The maximum Gasteiger partial charge on any atom is 0.330 e. The summed E-state index contributed by atoms with van der Waals surface area (Å²) in [6.45, 7) is 2.01. The van der Waals surface area contributed by atoms with E-state index in [4.69, 9.17) is 5.73 Å². The van der Waals surface area contributed by atoms with E-state index in [-0.39, 0.29) is 0 Å². The minimum Gasteiger partial charge on any atom is -0.479 e. The van der Waals surface area contributed by atoms with Gasteiger partial charge >= 0.3 is 5.97 Å². The molecule has 4 N–H and O–H groups in total. The van der Waals surface area contributed by atoms with Crippen LogP contribution in [0.3, 0.4) is 0 Å². The Labute approximate surface area is 112 Å². The van der Waals surface area contributed by atoms with E-state index in [1.54, 1.807) is 30.3 Å². The fourth-order valence-electron chi connectivity index (χ4n) is 1.74. The molecule has 0 aliphatic rings. The quantitative estimate of drug-likeness (QED) is 0.695. The van der Waals surface area contributed by atoms with Gasteiger partial charge < -0.3 is 16.2 Å². The van der Waals surface area contributed by atoms with Crippen LogP contribution in [0.4, 0.5) is 0 Å². The molecule has 0 fully saturated rings. The molecule has 1 aromatic rings. The van der Waals surface area contributed by atoms with Gasteiger partial charge in [-0.3, -0.25) is 4.79 Å². The van der Waals surface area contributed by atoms with Crippen molar-refractivity contribution in [2.45, 2.75) is 38.3 Å². The summed E-state index contributed by atoms with van der Waals surface area (Å²) in [7, 11) is 0. The monoisotopic (exact) mass is 264 g/mol. The number of carbonyl (C=O) groups excluding carboxylic acids is 1. The zero-order chi connectivity index (χ0) is 14.3. The minimum absolute atomic E-state index is 0.426. The lowest BCUT2D eigenvalue weighted by atomic mass is 10.1. The number of aliphatic carboxylic acids is 1. The Morgan fingerprint density at radius 2 is 1.95 bits per heavy atom. The van der Waals surface area contributed by atoms with Crippen LogP contribution in [0.15, 0.2) is 30.3 Å². The Morgan fingerprint density at radius 1 is 1.32 bits per heavy atom. The lowest BCUT2D eigenvalue weighted by Gasteiger charge is -2.18. The van der Waals surface area contributed by atoms with Crippen molar-refractivity contribution in [2.24, 2.45) is 5.73 Å². The lowest BCUT2D eigenvalue weighted by Crippen LogP contribution is -2.44. The number of amides is 1. The number of carboxylic acid groups (broad SMARTS) is 1. The first-order valence-electron chi connectivity index (χ1n) is 6.40. The molecular weight excluding hydrogens is 244 g/mol. The van der Waals surface area contributed by atoms with E-state index in [1.807, 2.05) is 6.92 Å². The van der Waals surface area contributed by atoms with Crippen LogP contribution in [0.25, 0.3) is 0 Å². The summed E-state index contributed by atoms with van der Waals surface area (Å²) >= 11 is 0. The van der Waals surface area contributed by atoms with Crippen molar-refractivity contribution >= 4 is 11.9 Å². The SMILES string of the molecule is CCCC[C@H](N)C(=O)N[C@@H](C(=O)O)c1ccccc1. The number of hydrogen-bond donors (Lipinski definition) is 3. The molecule has 0 unspecified atom stereocenters. The third-order valence-electron chi connectivity index (χ3n) is 2.87. The molecule has 1 rings (SSSR count). The maximum atomic E-state index is 11.8. The predicted molar refractivity (Wildman–Crippen MR) is 72.5 cm³/mol. The second kappa shape index (κ2) is 7.53. The van der Waals surface area contributed by atoms with Gasteiger partial charge in [0, 0.05) is 0 Å². The summed E-state index contributed by atoms with van der Waals surface area (Å²) in [4.78, 5) is 23.1. The topological polar surface area (TPSA) is 92.4 Å². The van der Waals surface area contributed by atoms with E-state index in [9.17, 15) is 14.7 Å². The molecule has 19 heavy (non-hydrogen) atoms. The normalized spacial score (nSPS) is 13.6. The molecule has 5 heteroatoms. The number of nitrogens with two attached hydrogens (primary N) is 1. The van der Waals surface area contributed by atoms with E-state index in [0.717, 1.165) is 12.8 Å². The number of unbranched alkanes of at least 4 members (excludes halogenated alkanes) is 1. The van der Waals surface area contributed by atoms with Crippen LogP contribution in [0.1, 0.15) is 37.8 Å². The van der Waals surface area contributed by atoms with Crippen molar-refractivity contribution in [3.05, 3.63) is 35.9 Å².